The lowest BCUT2D eigenvalue weighted by Gasteiger charge is -2.28. The second-order valence-electron chi connectivity index (χ2n) is 10.2. The van der Waals surface area contributed by atoms with Gasteiger partial charge in [-0.05, 0) is 47.7 Å². The number of rotatable bonds is 6. The summed E-state index contributed by atoms with van der Waals surface area (Å²) in [4.78, 5) is 29.1. The number of carboxylic acid groups (broad SMARTS) is 1. The largest absolute Gasteiger partial charge is 0.465 e. The third-order valence-corrected chi connectivity index (χ3v) is 7.77. The molecule has 2 aliphatic heterocycles. The maximum absolute atomic E-state index is 14.2. The predicted octanol–water partition coefficient (Wildman–Crippen LogP) is 4.53. The van der Waals surface area contributed by atoms with Gasteiger partial charge in [0.05, 0.1) is 12.1 Å². The molecule has 2 aromatic carbocycles. The van der Waals surface area contributed by atoms with Crippen LogP contribution in [0.15, 0.2) is 42.7 Å². The number of carbonyl (C=O) groups excluding carboxylic acids is 1. The standard InChI is InChI=1S/C27H29F3N6O3/c1-16(9-24-32-31-15-33(24)2)17-5-4-6-18(10-17)36-14-22-21(25(36)37)11-20(12-23(22)27(28,29)30)34(3)19-7-8-35(13-19)26(38)39/h4-6,10-12,15-16,19H,7-9,13-14H2,1-3H3,(H,38,39)/t16?,19-/m0/s1. The molecule has 0 aliphatic carbocycles. The summed E-state index contributed by atoms with van der Waals surface area (Å²) in [7, 11) is 3.49. The van der Waals surface area contributed by atoms with Gasteiger partial charge < -0.3 is 24.4 Å². The Morgan fingerprint density at radius 1 is 1.26 bits per heavy atom. The summed E-state index contributed by atoms with van der Waals surface area (Å²) in [5, 5.41) is 17.3. The van der Waals surface area contributed by atoms with E-state index in [4.69, 9.17) is 0 Å². The Bertz CT molecular complexity index is 1420. The van der Waals surface area contributed by atoms with Crippen molar-refractivity contribution in [2.75, 3.05) is 29.9 Å². The molecule has 3 heterocycles. The zero-order chi connectivity index (χ0) is 28.1. The lowest BCUT2D eigenvalue weighted by Crippen LogP contribution is -2.36. The number of amides is 2. The Morgan fingerprint density at radius 2 is 2.03 bits per heavy atom. The van der Waals surface area contributed by atoms with E-state index < -0.39 is 23.7 Å². The fraction of sp³-hybridized carbons (Fsp3) is 0.407. The summed E-state index contributed by atoms with van der Waals surface area (Å²) in [5.41, 5.74) is 0.796. The molecule has 2 aliphatic rings. The molecular weight excluding hydrogens is 513 g/mol. The third-order valence-electron chi connectivity index (χ3n) is 7.77. The molecule has 1 aromatic heterocycles. The Hall–Kier alpha value is -4.09. The number of halogens is 3. The molecule has 0 spiro atoms. The Balaban J connectivity index is 1.44. The van der Waals surface area contributed by atoms with Gasteiger partial charge in [0.2, 0.25) is 0 Å². The van der Waals surface area contributed by atoms with Crippen molar-refractivity contribution in [1.82, 2.24) is 19.7 Å². The number of benzene rings is 2. The van der Waals surface area contributed by atoms with E-state index in [2.05, 4.69) is 10.2 Å². The van der Waals surface area contributed by atoms with Gasteiger partial charge in [0.25, 0.3) is 5.91 Å². The first-order valence-corrected chi connectivity index (χ1v) is 12.6. The molecule has 1 fully saturated rings. The number of anilines is 2. The highest BCUT2D eigenvalue weighted by Crippen LogP contribution is 2.42. The van der Waals surface area contributed by atoms with Crippen molar-refractivity contribution in [3.63, 3.8) is 0 Å². The molecule has 9 nitrogen and oxygen atoms in total. The molecular formula is C27H29F3N6O3. The van der Waals surface area contributed by atoms with Crippen LogP contribution in [0.25, 0.3) is 0 Å². The van der Waals surface area contributed by atoms with Gasteiger partial charge in [-0.3, -0.25) is 4.79 Å². The number of nitrogens with zero attached hydrogens (tertiary/aromatic N) is 6. The van der Waals surface area contributed by atoms with Crippen LogP contribution in [0.5, 0.6) is 0 Å². The quantitative estimate of drug-likeness (QED) is 0.492. The van der Waals surface area contributed by atoms with E-state index in [-0.39, 0.29) is 41.9 Å². The number of hydrogen-bond donors (Lipinski definition) is 1. The first-order valence-electron chi connectivity index (χ1n) is 12.6. The molecule has 0 bridgehead atoms. The van der Waals surface area contributed by atoms with Crippen LogP contribution in [0.3, 0.4) is 0 Å². The smallest absolute Gasteiger partial charge is 0.416 e. The van der Waals surface area contributed by atoms with Gasteiger partial charge in [-0.2, -0.15) is 13.2 Å². The minimum Gasteiger partial charge on any atom is -0.465 e. The predicted molar refractivity (Wildman–Crippen MR) is 138 cm³/mol. The highest BCUT2D eigenvalue weighted by atomic mass is 19.4. The Morgan fingerprint density at radius 3 is 2.67 bits per heavy atom. The average molecular weight is 543 g/mol. The van der Waals surface area contributed by atoms with E-state index in [0.717, 1.165) is 17.5 Å². The second kappa shape index (κ2) is 9.90. The Kier molecular flexibility index (Phi) is 6.73. The first-order chi connectivity index (χ1) is 18.4. The van der Waals surface area contributed by atoms with Crippen molar-refractivity contribution in [1.29, 1.82) is 0 Å². The normalized spacial score (nSPS) is 18.0. The van der Waals surface area contributed by atoms with Crippen LogP contribution in [-0.2, 0) is 26.2 Å². The summed E-state index contributed by atoms with van der Waals surface area (Å²) < 4.78 is 44.5. The molecule has 1 saturated heterocycles. The van der Waals surface area contributed by atoms with Crippen LogP contribution in [0.1, 0.15) is 52.1 Å². The van der Waals surface area contributed by atoms with E-state index in [1.807, 2.05) is 30.7 Å². The molecule has 3 aromatic rings. The Labute approximate surface area is 223 Å². The number of aryl methyl sites for hydroxylation is 1. The molecule has 1 unspecified atom stereocenters. The molecule has 2 amide bonds. The van der Waals surface area contributed by atoms with Crippen molar-refractivity contribution >= 4 is 23.4 Å². The fourth-order valence-corrected chi connectivity index (χ4v) is 5.38. The number of alkyl halides is 3. The van der Waals surface area contributed by atoms with E-state index in [9.17, 15) is 27.9 Å². The molecule has 2 atom stereocenters. The van der Waals surface area contributed by atoms with Crippen molar-refractivity contribution in [3.8, 4) is 0 Å². The van der Waals surface area contributed by atoms with Gasteiger partial charge in [0, 0.05) is 56.6 Å². The van der Waals surface area contributed by atoms with Gasteiger partial charge in [-0.1, -0.05) is 19.1 Å². The number of hydrogen-bond acceptors (Lipinski definition) is 5. The van der Waals surface area contributed by atoms with Gasteiger partial charge in [0.1, 0.15) is 12.2 Å². The molecule has 0 saturated carbocycles. The average Bonchev–Trinajstić information content (AvgIpc) is 3.62. The second-order valence-corrected chi connectivity index (χ2v) is 10.2. The first kappa shape index (κ1) is 26.5. The van der Waals surface area contributed by atoms with E-state index >= 15 is 0 Å². The SMILES string of the molecule is CC(Cc1nncn1C)c1cccc(N2Cc3c(cc(N(C)[C@H]4CCN(C(=O)O)C4)cc3C(F)(F)F)C2=O)c1. The van der Waals surface area contributed by atoms with Gasteiger partial charge in [0.15, 0.2) is 0 Å². The van der Waals surface area contributed by atoms with Crippen LogP contribution in [0, 0.1) is 0 Å². The zero-order valence-corrected chi connectivity index (χ0v) is 21.8. The highest BCUT2D eigenvalue weighted by molar-refractivity contribution is 6.11. The number of likely N-dealkylation sites (N-methyl/N-ethyl adjacent to an activating group) is 1. The molecule has 0 radical (unpaired) electrons. The van der Waals surface area contributed by atoms with E-state index in [1.165, 1.54) is 15.9 Å². The van der Waals surface area contributed by atoms with Crippen molar-refractivity contribution in [2.24, 2.45) is 7.05 Å². The van der Waals surface area contributed by atoms with Crippen molar-refractivity contribution in [2.45, 2.75) is 44.4 Å². The van der Waals surface area contributed by atoms with E-state index in [1.54, 1.807) is 30.4 Å². The molecule has 1 N–H and O–H groups in total. The van der Waals surface area contributed by atoms with E-state index in [0.29, 0.717) is 25.1 Å². The fourth-order valence-electron chi connectivity index (χ4n) is 5.38. The van der Waals surface area contributed by atoms with Gasteiger partial charge in [-0.15, -0.1) is 10.2 Å². The van der Waals surface area contributed by atoms with Crippen LogP contribution in [-0.4, -0.2) is 63.0 Å². The van der Waals surface area contributed by atoms with Gasteiger partial charge in [-0.25, -0.2) is 4.79 Å². The van der Waals surface area contributed by atoms with Gasteiger partial charge >= 0.3 is 12.3 Å². The summed E-state index contributed by atoms with van der Waals surface area (Å²) in [6.07, 6.45) is -3.00. The maximum atomic E-state index is 14.2. The van der Waals surface area contributed by atoms with Crippen molar-refractivity contribution in [3.05, 3.63) is 70.8 Å². The number of likely N-dealkylation sites (tertiary alicyclic amines) is 1. The number of carbonyl (C=O) groups is 2. The maximum Gasteiger partial charge on any atom is 0.416 e. The van der Waals surface area contributed by atoms with Crippen LogP contribution < -0.4 is 9.80 Å². The minimum atomic E-state index is -4.66. The summed E-state index contributed by atoms with van der Waals surface area (Å²) in [5.74, 6) is 0.343. The third kappa shape index (κ3) is 5.02. The lowest BCUT2D eigenvalue weighted by atomic mass is 9.97. The summed E-state index contributed by atoms with van der Waals surface area (Å²) >= 11 is 0. The highest BCUT2D eigenvalue weighted by Gasteiger charge is 2.41. The summed E-state index contributed by atoms with van der Waals surface area (Å²) in [6, 6.07) is 9.56. The molecule has 39 heavy (non-hydrogen) atoms. The van der Waals surface area contributed by atoms with Crippen LogP contribution in [0.4, 0.5) is 29.3 Å². The minimum absolute atomic E-state index is 0.0114. The number of fused-ring (bicyclic) bond motifs is 1. The monoisotopic (exact) mass is 542 g/mol. The molecule has 206 valence electrons. The molecule has 12 heteroatoms. The molecule has 5 rings (SSSR count). The van der Waals surface area contributed by atoms with Crippen LogP contribution in [0.2, 0.25) is 0 Å². The lowest BCUT2D eigenvalue weighted by molar-refractivity contribution is -0.138. The number of aromatic nitrogens is 3. The zero-order valence-electron chi connectivity index (χ0n) is 21.8. The topological polar surface area (TPSA) is 94.8 Å². The summed E-state index contributed by atoms with van der Waals surface area (Å²) in [6.45, 7) is 2.32. The van der Waals surface area contributed by atoms with Crippen LogP contribution >= 0.6 is 0 Å². The van der Waals surface area contributed by atoms with Crippen molar-refractivity contribution < 1.29 is 27.9 Å².